The second-order valence-electron chi connectivity index (χ2n) is 6.19. The Morgan fingerprint density at radius 1 is 1.10 bits per heavy atom. The van der Waals surface area contributed by atoms with E-state index in [0.717, 1.165) is 17.7 Å². The molecule has 0 unspecified atom stereocenters. The summed E-state index contributed by atoms with van der Waals surface area (Å²) in [6, 6.07) is 11.7. The van der Waals surface area contributed by atoms with E-state index in [2.05, 4.69) is 10.4 Å². The highest BCUT2D eigenvalue weighted by Gasteiger charge is 2.33. The van der Waals surface area contributed by atoms with Gasteiger partial charge in [0.05, 0.1) is 29.6 Å². The first kappa shape index (κ1) is 21.4. The van der Waals surface area contributed by atoms with Crippen molar-refractivity contribution in [3.63, 3.8) is 0 Å². The molecule has 2 aromatic carbocycles. The van der Waals surface area contributed by atoms with E-state index in [4.69, 9.17) is 16.3 Å². The third-order valence-corrected chi connectivity index (χ3v) is 4.37. The molecule has 0 aliphatic carbocycles. The van der Waals surface area contributed by atoms with E-state index >= 15 is 0 Å². The fraction of sp³-hybridized carbons (Fsp3) is 0.150. The van der Waals surface area contributed by atoms with Gasteiger partial charge >= 0.3 is 12.1 Å². The summed E-state index contributed by atoms with van der Waals surface area (Å²) in [7, 11) is 0. The molecule has 0 atom stereocenters. The van der Waals surface area contributed by atoms with Crippen molar-refractivity contribution in [2.45, 2.75) is 12.7 Å². The van der Waals surface area contributed by atoms with E-state index in [-0.39, 0.29) is 5.56 Å². The van der Waals surface area contributed by atoms with Gasteiger partial charge in [-0.2, -0.15) is 18.3 Å². The van der Waals surface area contributed by atoms with Crippen LogP contribution in [0, 0.1) is 0 Å². The fourth-order valence-electron chi connectivity index (χ4n) is 2.60. The number of ether oxygens (including phenoxy) is 1. The normalized spacial score (nSPS) is 11.2. The van der Waals surface area contributed by atoms with Crippen molar-refractivity contribution in [2.24, 2.45) is 0 Å². The number of hydrogen-bond acceptors (Lipinski definition) is 4. The Balaban J connectivity index is 1.57. The van der Waals surface area contributed by atoms with Crippen molar-refractivity contribution < 1.29 is 27.5 Å². The third kappa shape index (κ3) is 5.38. The lowest BCUT2D eigenvalue weighted by Gasteiger charge is -2.13. The first-order valence-electron chi connectivity index (χ1n) is 8.63. The summed E-state index contributed by atoms with van der Waals surface area (Å²) in [5.74, 6) is -1.73. The lowest BCUT2D eigenvalue weighted by atomic mass is 10.1. The minimum absolute atomic E-state index is 0.0885. The van der Waals surface area contributed by atoms with Gasteiger partial charge in [0.1, 0.15) is 0 Å². The fourth-order valence-corrected chi connectivity index (χ4v) is 2.79. The maximum atomic E-state index is 13.0. The van der Waals surface area contributed by atoms with Crippen LogP contribution in [-0.2, 0) is 22.3 Å². The highest BCUT2D eigenvalue weighted by atomic mass is 35.5. The Bertz CT molecular complexity index is 1070. The number of carbonyl (C=O) groups excluding carboxylic acids is 2. The number of nitrogens with one attached hydrogen (secondary N) is 1. The summed E-state index contributed by atoms with van der Waals surface area (Å²) in [5.41, 5.74) is -0.528. The number of aromatic nitrogens is 2. The largest absolute Gasteiger partial charge is 0.452 e. The Labute approximate surface area is 174 Å². The summed E-state index contributed by atoms with van der Waals surface area (Å²) in [6.07, 6.45) is -1.95. The topological polar surface area (TPSA) is 73.2 Å². The monoisotopic (exact) mass is 437 g/mol. The quantitative estimate of drug-likeness (QED) is 0.580. The average Bonchev–Trinajstić information content (AvgIpc) is 3.16. The number of para-hydroxylation sites is 1. The van der Waals surface area contributed by atoms with Gasteiger partial charge in [0, 0.05) is 11.2 Å². The summed E-state index contributed by atoms with van der Waals surface area (Å²) in [4.78, 5) is 24.0. The standard InChI is InChI=1S/C20H15ClF3N3O3/c21-16-7-3-1-5-13(16)10-27-11-14(9-25-27)19(29)30-12-18(28)26-17-8-4-2-6-15(17)20(22,23)24/h1-9,11H,10,12H2,(H,26,28). The smallest absolute Gasteiger partial charge is 0.418 e. The summed E-state index contributed by atoms with van der Waals surface area (Å²) >= 11 is 6.09. The molecule has 0 fully saturated rings. The van der Waals surface area contributed by atoms with Crippen LogP contribution >= 0.6 is 11.6 Å². The summed E-state index contributed by atoms with van der Waals surface area (Å²) in [5, 5.41) is 6.68. The molecular formula is C20H15ClF3N3O3. The molecule has 3 aromatic rings. The van der Waals surface area contributed by atoms with Gasteiger partial charge in [-0.3, -0.25) is 9.48 Å². The number of carbonyl (C=O) groups is 2. The van der Waals surface area contributed by atoms with Crippen molar-refractivity contribution in [3.05, 3.63) is 82.6 Å². The molecule has 1 N–H and O–H groups in total. The van der Waals surface area contributed by atoms with Crippen LogP contribution in [0.5, 0.6) is 0 Å². The second-order valence-corrected chi connectivity index (χ2v) is 6.59. The van der Waals surface area contributed by atoms with Crippen molar-refractivity contribution in [1.82, 2.24) is 9.78 Å². The Kier molecular flexibility index (Phi) is 6.41. The predicted octanol–water partition coefficient (Wildman–Crippen LogP) is 4.40. The van der Waals surface area contributed by atoms with Crippen molar-refractivity contribution in [2.75, 3.05) is 11.9 Å². The maximum absolute atomic E-state index is 13.0. The summed E-state index contributed by atoms with van der Waals surface area (Å²) in [6.45, 7) is -0.428. The van der Waals surface area contributed by atoms with Gasteiger partial charge in [-0.05, 0) is 23.8 Å². The second kappa shape index (κ2) is 9.00. The maximum Gasteiger partial charge on any atom is 0.418 e. The van der Waals surface area contributed by atoms with Crippen LogP contribution in [0.15, 0.2) is 60.9 Å². The molecule has 0 radical (unpaired) electrons. The zero-order valence-corrected chi connectivity index (χ0v) is 16.1. The number of esters is 1. The molecule has 1 aromatic heterocycles. The van der Waals surface area contributed by atoms with E-state index in [9.17, 15) is 22.8 Å². The number of rotatable bonds is 6. The molecule has 10 heteroatoms. The zero-order chi connectivity index (χ0) is 21.7. The number of alkyl halides is 3. The van der Waals surface area contributed by atoms with Crippen LogP contribution < -0.4 is 5.32 Å². The SMILES string of the molecule is O=C(COC(=O)c1cnn(Cc2ccccc2Cl)c1)Nc1ccccc1C(F)(F)F. The highest BCUT2D eigenvalue weighted by Crippen LogP contribution is 2.34. The first-order valence-corrected chi connectivity index (χ1v) is 9.01. The minimum atomic E-state index is -4.63. The van der Waals surface area contributed by atoms with E-state index in [1.54, 1.807) is 12.1 Å². The van der Waals surface area contributed by atoms with Crippen LogP contribution in [0.3, 0.4) is 0 Å². The molecule has 0 spiro atoms. The molecule has 3 rings (SSSR count). The van der Waals surface area contributed by atoms with Crippen LogP contribution in [0.1, 0.15) is 21.5 Å². The van der Waals surface area contributed by atoms with Gasteiger partial charge < -0.3 is 10.1 Å². The average molecular weight is 438 g/mol. The third-order valence-electron chi connectivity index (χ3n) is 4.00. The van der Waals surface area contributed by atoms with Gasteiger partial charge in [0.15, 0.2) is 6.61 Å². The molecule has 0 bridgehead atoms. The number of amides is 1. The Morgan fingerprint density at radius 3 is 2.53 bits per heavy atom. The zero-order valence-electron chi connectivity index (χ0n) is 15.3. The number of nitrogens with zero attached hydrogens (tertiary/aromatic N) is 2. The predicted molar refractivity (Wildman–Crippen MR) is 103 cm³/mol. The first-order chi connectivity index (χ1) is 14.2. The van der Waals surface area contributed by atoms with E-state index < -0.39 is 35.9 Å². The molecular weight excluding hydrogens is 423 g/mol. The van der Waals surface area contributed by atoms with Crippen molar-refractivity contribution in [3.8, 4) is 0 Å². The minimum Gasteiger partial charge on any atom is -0.452 e. The summed E-state index contributed by atoms with van der Waals surface area (Å²) < 4.78 is 45.2. The van der Waals surface area contributed by atoms with Crippen LogP contribution in [0.2, 0.25) is 5.02 Å². The van der Waals surface area contributed by atoms with Gasteiger partial charge in [0.25, 0.3) is 5.91 Å². The number of anilines is 1. The lowest BCUT2D eigenvalue weighted by Crippen LogP contribution is -2.22. The van der Waals surface area contributed by atoms with Gasteiger partial charge in [-0.25, -0.2) is 4.79 Å². The molecule has 1 amide bonds. The van der Waals surface area contributed by atoms with E-state index in [1.807, 2.05) is 12.1 Å². The van der Waals surface area contributed by atoms with Crippen molar-refractivity contribution in [1.29, 1.82) is 0 Å². The Hall–Kier alpha value is -3.33. The molecule has 6 nitrogen and oxygen atoms in total. The van der Waals surface area contributed by atoms with Gasteiger partial charge in [-0.1, -0.05) is 41.9 Å². The number of benzene rings is 2. The van der Waals surface area contributed by atoms with Crippen LogP contribution in [0.25, 0.3) is 0 Å². The molecule has 30 heavy (non-hydrogen) atoms. The molecule has 0 aliphatic rings. The van der Waals surface area contributed by atoms with Crippen LogP contribution in [0.4, 0.5) is 18.9 Å². The van der Waals surface area contributed by atoms with Gasteiger partial charge in [0.2, 0.25) is 0 Å². The van der Waals surface area contributed by atoms with E-state index in [0.29, 0.717) is 11.6 Å². The molecule has 156 valence electrons. The van der Waals surface area contributed by atoms with Gasteiger partial charge in [-0.15, -0.1) is 0 Å². The number of hydrogen-bond donors (Lipinski definition) is 1. The number of halogens is 4. The molecule has 0 aliphatic heterocycles. The Morgan fingerprint density at radius 2 is 1.80 bits per heavy atom. The highest BCUT2D eigenvalue weighted by molar-refractivity contribution is 6.31. The lowest BCUT2D eigenvalue weighted by molar-refractivity contribution is -0.137. The molecule has 0 saturated heterocycles. The van der Waals surface area contributed by atoms with Crippen LogP contribution in [-0.4, -0.2) is 28.3 Å². The van der Waals surface area contributed by atoms with E-state index in [1.165, 1.54) is 29.2 Å². The van der Waals surface area contributed by atoms with Crippen molar-refractivity contribution >= 4 is 29.2 Å². The molecule has 0 saturated carbocycles. The molecule has 1 heterocycles.